The number of aromatic nitrogens is 2. The molecule has 0 atom stereocenters. The summed E-state index contributed by atoms with van der Waals surface area (Å²) >= 11 is 1.39. The van der Waals surface area contributed by atoms with E-state index in [-0.39, 0.29) is 5.91 Å². The lowest BCUT2D eigenvalue weighted by Crippen LogP contribution is -2.31. The molecule has 0 N–H and O–H groups in total. The van der Waals surface area contributed by atoms with E-state index in [9.17, 15) is 4.79 Å². The second-order valence-corrected chi connectivity index (χ2v) is 6.95. The Morgan fingerprint density at radius 1 is 0.852 bits per heavy atom. The van der Waals surface area contributed by atoms with Crippen molar-refractivity contribution in [3.63, 3.8) is 0 Å². The maximum absolute atomic E-state index is 12.3. The monoisotopic (exact) mass is 377 g/mol. The van der Waals surface area contributed by atoms with E-state index in [1.165, 1.54) is 11.8 Å². The largest absolute Gasteiger partial charge is 0.343 e. The Kier molecular flexibility index (Phi) is 6.60. The SMILES string of the molecule is CCN(CC)C(=O)CSc1nc(-c2ccccc2)cc(-c2ccccc2)n1. The molecule has 138 valence electrons. The molecule has 4 nitrogen and oxygen atoms in total. The fraction of sp³-hybridized carbons (Fsp3) is 0.227. The van der Waals surface area contributed by atoms with E-state index in [2.05, 4.69) is 0 Å². The van der Waals surface area contributed by atoms with Crippen LogP contribution in [-0.2, 0) is 4.79 Å². The lowest BCUT2D eigenvalue weighted by atomic mass is 10.1. The summed E-state index contributed by atoms with van der Waals surface area (Å²) in [6, 6.07) is 22.1. The zero-order valence-electron chi connectivity index (χ0n) is 15.6. The topological polar surface area (TPSA) is 46.1 Å². The van der Waals surface area contributed by atoms with Crippen molar-refractivity contribution >= 4 is 17.7 Å². The van der Waals surface area contributed by atoms with Crippen LogP contribution in [0.2, 0.25) is 0 Å². The van der Waals surface area contributed by atoms with Crippen LogP contribution in [0.3, 0.4) is 0 Å². The first kappa shape index (κ1) is 19.1. The average molecular weight is 378 g/mol. The van der Waals surface area contributed by atoms with Crippen LogP contribution in [0.1, 0.15) is 13.8 Å². The molecule has 0 aliphatic heterocycles. The highest BCUT2D eigenvalue weighted by Crippen LogP contribution is 2.26. The minimum Gasteiger partial charge on any atom is -0.343 e. The van der Waals surface area contributed by atoms with Crippen LogP contribution in [0.5, 0.6) is 0 Å². The van der Waals surface area contributed by atoms with Crippen LogP contribution in [-0.4, -0.2) is 39.6 Å². The molecule has 0 fully saturated rings. The number of hydrogen-bond acceptors (Lipinski definition) is 4. The quantitative estimate of drug-likeness (QED) is 0.439. The number of thioether (sulfide) groups is 1. The van der Waals surface area contributed by atoms with Gasteiger partial charge in [0.1, 0.15) is 0 Å². The van der Waals surface area contributed by atoms with Crippen molar-refractivity contribution in [2.45, 2.75) is 19.0 Å². The molecule has 2 aromatic carbocycles. The normalized spacial score (nSPS) is 10.6. The van der Waals surface area contributed by atoms with Gasteiger partial charge in [-0.05, 0) is 19.9 Å². The van der Waals surface area contributed by atoms with Crippen LogP contribution in [0.25, 0.3) is 22.5 Å². The van der Waals surface area contributed by atoms with E-state index in [0.717, 1.165) is 35.6 Å². The summed E-state index contributed by atoms with van der Waals surface area (Å²) in [5, 5.41) is 0.621. The van der Waals surface area contributed by atoms with Crippen molar-refractivity contribution < 1.29 is 4.79 Å². The first-order valence-electron chi connectivity index (χ1n) is 9.11. The number of carbonyl (C=O) groups is 1. The number of amides is 1. The average Bonchev–Trinajstić information content (AvgIpc) is 2.74. The summed E-state index contributed by atoms with van der Waals surface area (Å²) in [7, 11) is 0. The van der Waals surface area contributed by atoms with Gasteiger partial charge in [0.2, 0.25) is 5.91 Å². The van der Waals surface area contributed by atoms with Crippen LogP contribution in [0.15, 0.2) is 71.9 Å². The van der Waals surface area contributed by atoms with Gasteiger partial charge in [-0.15, -0.1) is 0 Å². The summed E-state index contributed by atoms with van der Waals surface area (Å²) in [5.41, 5.74) is 3.80. The molecule has 3 aromatic rings. The van der Waals surface area contributed by atoms with E-state index in [4.69, 9.17) is 9.97 Å². The van der Waals surface area contributed by atoms with Gasteiger partial charge >= 0.3 is 0 Å². The van der Waals surface area contributed by atoms with Gasteiger partial charge in [0.15, 0.2) is 5.16 Å². The fourth-order valence-corrected chi connectivity index (χ4v) is 3.56. The number of benzene rings is 2. The molecule has 0 saturated carbocycles. The highest BCUT2D eigenvalue weighted by Gasteiger charge is 2.13. The molecule has 0 saturated heterocycles. The summed E-state index contributed by atoms with van der Waals surface area (Å²) in [4.78, 5) is 23.6. The maximum atomic E-state index is 12.3. The Morgan fingerprint density at radius 3 is 1.78 bits per heavy atom. The number of carbonyl (C=O) groups excluding carboxylic acids is 1. The molecule has 0 unspecified atom stereocenters. The van der Waals surface area contributed by atoms with Gasteiger partial charge in [-0.25, -0.2) is 9.97 Å². The summed E-state index contributed by atoms with van der Waals surface area (Å²) in [6.45, 7) is 5.42. The Morgan fingerprint density at radius 2 is 1.33 bits per heavy atom. The molecule has 3 rings (SSSR count). The third-order valence-electron chi connectivity index (χ3n) is 4.29. The molecule has 0 spiro atoms. The van der Waals surface area contributed by atoms with Crippen molar-refractivity contribution in [1.29, 1.82) is 0 Å². The lowest BCUT2D eigenvalue weighted by Gasteiger charge is -2.18. The molecule has 1 amide bonds. The number of hydrogen-bond donors (Lipinski definition) is 0. The van der Waals surface area contributed by atoms with Gasteiger partial charge in [-0.3, -0.25) is 4.79 Å². The molecule has 1 aromatic heterocycles. The smallest absolute Gasteiger partial charge is 0.233 e. The van der Waals surface area contributed by atoms with Crippen LogP contribution >= 0.6 is 11.8 Å². The molecule has 0 aliphatic rings. The zero-order chi connectivity index (χ0) is 19.1. The minimum absolute atomic E-state index is 0.111. The molecule has 0 bridgehead atoms. The Hall–Kier alpha value is -2.66. The van der Waals surface area contributed by atoms with Gasteiger partial charge in [0.25, 0.3) is 0 Å². The van der Waals surface area contributed by atoms with Gasteiger partial charge < -0.3 is 4.90 Å². The molecule has 0 radical (unpaired) electrons. The van der Waals surface area contributed by atoms with Gasteiger partial charge in [-0.1, -0.05) is 72.4 Å². The summed E-state index contributed by atoms with van der Waals surface area (Å²) in [5.74, 6) is 0.453. The van der Waals surface area contributed by atoms with Crippen molar-refractivity contribution in [1.82, 2.24) is 14.9 Å². The van der Waals surface area contributed by atoms with Crippen molar-refractivity contribution in [3.8, 4) is 22.5 Å². The highest BCUT2D eigenvalue weighted by molar-refractivity contribution is 7.99. The summed E-state index contributed by atoms with van der Waals surface area (Å²) in [6.07, 6.45) is 0. The first-order chi connectivity index (χ1) is 13.2. The van der Waals surface area contributed by atoms with Crippen LogP contribution < -0.4 is 0 Å². The summed E-state index contributed by atoms with van der Waals surface area (Å²) < 4.78 is 0. The fourth-order valence-electron chi connectivity index (χ4n) is 2.80. The zero-order valence-corrected chi connectivity index (χ0v) is 16.4. The van der Waals surface area contributed by atoms with Crippen molar-refractivity contribution in [2.24, 2.45) is 0 Å². The molecule has 27 heavy (non-hydrogen) atoms. The second kappa shape index (κ2) is 9.33. The lowest BCUT2D eigenvalue weighted by molar-refractivity contribution is -0.127. The molecule has 0 aliphatic carbocycles. The third-order valence-corrected chi connectivity index (χ3v) is 5.12. The first-order valence-corrected chi connectivity index (χ1v) is 10.1. The molecular formula is C22H23N3OS. The third kappa shape index (κ3) is 4.95. The maximum Gasteiger partial charge on any atom is 0.233 e. The Labute approximate surface area is 164 Å². The van der Waals surface area contributed by atoms with Gasteiger partial charge in [-0.2, -0.15) is 0 Å². The van der Waals surface area contributed by atoms with E-state index in [1.54, 1.807) is 0 Å². The predicted octanol–water partition coefficient (Wildman–Crippen LogP) is 4.77. The minimum atomic E-state index is 0.111. The van der Waals surface area contributed by atoms with E-state index in [1.807, 2.05) is 85.5 Å². The number of nitrogens with zero attached hydrogens (tertiary/aromatic N) is 3. The van der Waals surface area contributed by atoms with E-state index in [0.29, 0.717) is 10.9 Å². The van der Waals surface area contributed by atoms with Gasteiger partial charge in [0, 0.05) is 24.2 Å². The van der Waals surface area contributed by atoms with Crippen LogP contribution in [0, 0.1) is 0 Å². The standard InChI is InChI=1S/C22H23N3OS/c1-3-25(4-2)21(26)16-27-22-23-19(17-11-7-5-8-12-17)15-20(24-22)18-13-9-6-10-14-18/h5-15H,3-4,16H2,1-2H3. The Balaban J connectivity index is 1.92. The molecule has 1 heterocycles. The Bertz CT molecular complexity index is 823. The van der Waals surface area contributed by atoms with Crippen LogP contribution in [0.4, 0.5) is 0 Å². The van der Waals surface area contributed by atoms with Crippen molar-refractivity contribution in [2.75, 3.05) is 18.8 Å². The number of rotatable bonds is 7. The van der Waals surface area contributed by atoms with E-state index < -0.39 is 0 Å². The second-order valence-electron chi connectivity index (χ2n) is 6.01. The van der Waals surface area contributed by atoms with Gasteiger partial charge in [0.05, 0.1) is 17.1 Å². The highest BCUT2D eigenvalue weighted by atomic mass is 32.2. The predicted molar refractivity (Wildman–Crippen MR) is 112 cm³/mol. The van der Waals surface area contributed by atoms with E-state index >= 15 is 0 Å². The molecular weight excluding hydrogens is 354 g/mol. The van der Waals surface area contributed by atoms with Crippen molar-refractivity contribution in [3.05, 3.63) is 66.7 Å². The molecule has 5 heteroatoms.